The fourth-order valence-electron chi connectivity index (χ4n) is 1.97. The minimum absolute atomic E-state index is 0.374. The van der Waals surface area contributed by atoms with Gasteiger partial charge in [-0.15, -0.1) is 0 Å². The van der Waals surface area contributed by atoms with Crippen LogP contribution in [0.1, 0.15) is 19.4 Å². The molecule has 0 aliphatic heterocycles. The molecule has 0 saturated heterocycles. The van der Waals surface area contributed by atoms with Crippen molar-refractivity contribution in [2.24, 2.45) is 13.0 Å². The van der Waals surface area contributed by atoms with E-state index in [2.05, 4.69) is 23.9 Å². The van der Waals surface area contributed by atoms with Gasteiger partial charge in [0.1, 0.15) is 11.5 Å². The zero-order valence-corrected chi connectivity index (χ0v) is 10.8. The van der Waals surface area contributed by atoms with Crippen LogP contribution in [0.2, 0.25) is 0 Å². The van der Waals surface area contributed by atoms with Crippen molar-refractivity contribution in [2.75, 3.05) is 5.73 Å². The number of hydrogen-bond acceptors (Lipinski definition) is 3. The minimum Gasteiger partial charge on any atom is -0.384 e. The molecule has 0 atom stereocenters. The number of hydrogen-bond donors (Lipinski definition) is 1. The van der Waals surface area contributed by atoms with Crippen molar-refractivity contribution in [1.82, 2.24) is 14.8 Å². The molecule has 0 aliphatic carbocycles. The normalized spacial score (nSPS) is 11.2. The molecule has 2 aromatic rings. The molecule has 0 radical (unpaired) electrons. The molecule has 0 amide bonds. The van der Waals surface area contributed by atoms with Gasteiger partial charge in [0, 0.05) is 24.4 Å². The van der Waals surface area contributed by atoms with Gasteiger partial charge in [-0.1, -0.05) is 13.8 Å². The number of nitrogens with zero attached hydrogens (tertiary/aromatic N) is 3. The van der Waals surface area contributed by atoms with Crippen LogP contribution in [0.25, 0.3) is 11.3 Å². The van der Waals surface area contributed by atoms with Crippen LogP contribution in [0, 0.1) is 11.7 Å². The smallest absolute Gasteiger partial charge is 0.150 e. The average Bonchev–Trinajstić information content (AvgIpc) is 2.57. The summed E-state index contributed by atoms with van der Waals surface area (Å²) in [4.78, 5) is 3.75. The first kappa shape index (κ1) is 12.5. The Balaban J connectivity index is 2.57. The summed E-state index contributed by atoms with van der Waals surface area (Å²) in [5.41, 5.74) is 7.97. The van der Waals surface area contributed by atoms with Crippen molar-refractivity contribution in [3.8, 4) is 11.3 Å². The third-order valence-corrected chi connectivity index (χ3v) is 2.83. The molecule has 2 rings (SSSR count). The average molecular weight is 248 g/mol. The predicted octanol–water partition coefficient (Wildman–Crippen LogP) is 2.40. The van der Waals surface area contributed by atoms with Crippen LogP contribution in [0.15, 0.2) is 18.5 Å². The summed E-state index contributed by atoms with van der Waals surface area (Å²) in [6, 6.07) is 1.63. The third kappa shape index (κ3) is 2.20. The lowest BCUT2D eigenvalue weighted by Gasteiger charge is -2.07. The lowest BCUT2D eigenvalue weighted by atomic mass is 9.99. The Morgan fingerprint density at radius 1 is 1.44 bits per heavy atom. The lowest BCUT2D eigenvalue weighted by Crippen LogP contribution is -2.02. The maximum Gasteiger partial charge on any atom is 0.150 e. The number of anilines is 1. The zero-order chi connectivity index (χ0) is 13.3. The number of aryl methyl sites for hydroxylation is 1. The van der Waals surface area contributed by atoms with Crippen molar-refractivity contribution in [1.29, 1.82) is 0 Å². The number of nitrogens with two attached hydrogens (primary N) is 1. The van der Waals surface area contributed by atoms with Gasteiger partial charge >= 0.3 is 0 Å². The third-order valence-electron chi connectivity index (χ3n) is 2.83. The summed E-state index contributed by atoms with van der Waals surface area (Å²) in [6.07, 6.45) is 3.53. The molecule has 0 saturated carbocycles. The van der Waals surface area contributed by atoms with E-state index in [1.54, 1.807) is 24.0 Å². The molecule has 0 aliphatic rings. The van der Waals surface area contributed by atoms with E-state index in [0.717, 1.165) is 12.0 Å². The summed E-state index contributed by atoms with van der Waals surface area (Å²) >= 11 is 0. The van der Waals surface area contributed by atoms with Crippen molar-refractivity contribution in [3.63, 3.8) is 0 Å². The summed E-state index contributed by atoms with van der Waals surface area (Å²) in [5.74, 6) is 0.649. The highest BCUT2D eigenvalue weighted by molar-refractivity contribution is 5.68. The minimum atomic E-state index is -0.374. The largest absolute Gasteiger partial charge is 0.384 e. The van der Waals surface area contributed by atoms with E-state index >= 15 is 0 Å². The first-order valence-corrected chi connectivity index (χ1v) is 5.92. The molecule has 2 aromatic heterocycles. The van der Waals surface area contributed by atoms with Gasteiger partial charge in [-0.25, -0.2) is 4.39 Å². The number of aromatic nitrogens is 3. The second-order valence-corrected chi connectivity index (χ2v) is 4.79. The van der Waals surface area contributed by atoms with E-state index in [0.29, 0.717) is 23.0 Å². The monoisotopic (exact) mass is 248 g/mol. The molecule has 5 heteroatoms. The van der Waals surface area contributed by atoms with Gasteiger partial charge in [0.25, 0.3) is 0 Å². The topological polar surface area (TPSA) is 56.7 Å². The Kier molecular flexibility index (Phi) is 3.32. The van der Waals surface area contributed by atoms with Crippen LogP contribution < -0.4 is 5.73 Å². The highest BCUT2D eigenvalue weighted by atomic mass is 19.1. The second-order valence-electron chi connectivity index (χ2n) is 4.79. The van der Waals surface area contributed by atoms with Crippen LogP contribution in [-0.4, -0.2) is 14.8 Å². The van der Waals surface area contributed by atoms with Gasteiger partial charge in [0.15, 0.2) is 5.82 Å². The quantitative estimate of drug-likeness (QED) is 0.907. The van der Waals surface area contributed by atoms with E-state index in [4.69, 9.17) is 5.73 Å². The Morgan fingerprint density at radius 3 is 2.78 bits per heavy atom. The van der Waals surface area contributed by atoms with Crippen molar-refractivity contribution in [3.05, 3.63) is 29.8 Å². The van der Waals surface area contributed by atoms with Gasteiger partial charge < -0.3 is 5.73 Å². The second kappa shape index (κ2) is 4.76. The summed E-state index contributed by atoms with van der Waals surface area (Å²) < 4.78 is 15.4. The number of pyridine rings is 1. The van der Waals surface area contributed by atoms with Gasteiger partial charge in [-0.05, 0) is 18.4 Å². The SMILES string of the molecule is CC(C)Cc1c(-c2ccncc2F)nn(C)c1N. The van der Waals surface area contributed by atoms with Crippen LogP contribution in [0.4, 0.5) is 10.2 Å². The Bertz CT molecular complexity index is 560. The molecular formula is C13H17FN4. The first-order chi connectivity index (χ1) is 8.50. The molecule has 4 nitrogen and oxygen atoms in total. The van der Waals surface area contributed by atoms with E-state index < -0.39 is 0 Å². The maximum atomic E-state index is 13.8. The highest BCUT2D eigenvalue weighted by Gasteiger charge is 2.18. The Hall–Kier alpha value is -1.91. The van der Waals surface area contributed by atoms with E-state index in [9.17, 15) is 4.39 Å². The molecule has 0 aromatic carbocycles. The lowest BCUT2D eigenvalue weighted by molar-refractivity contribution is 0.622. The molecule has 18 heavy (non-hydrogen) atoms. The van der Waals surface area contributed by atoms with Crippen LogP contribution >= 0.6 is 0 Å². The van der Waals surface area contributed by atoms with Crippen molar-refractivity contribution in [2.45, 2.75) is 20.3 Å². The van der Waals surface area contributed by atoms with Gasteiger partial charge in [-0.2, -0.15) is 5.10 Å². The maximum absolute atomic E-state index is 13.8. The summed E-state index contributed by atoms with van der Waals surface area (Å²) in [5, 5.41) is 4.32. The summed E-state index contributed by atoms with van der Waals surface area (Å²) in [6.45, 7) is 4.19. The molecule has 0 fully saturated rings. The molecule has 0 unspecified atom stereocenters. The fraction of sp³-hybridized carbons (Fsp3) is 0.385. The number of halogens is 1. The van der Waals surface area contributed by atoms with E-state index in [1.165, 1.54) is 6.20 Å². The fourth-order valence-corrected chi connectivity index (χ4v) is 1.97. The van der Waals surface area contributed by atoms with Crippen LogP contribution in [0.3, 0.4) is 0 Å². The molecule has 2 heterocycles. The van der Waals surface area contributed by atoms with Gasteiger partial charge in [0.2, 0.25) is 0 Å². The first-order valence-electron chi connectivity index (χ1n) is 5.92. The standard InChI is InChI=1S/C13H17FN4/c1-8(2)6-10-12(17-18(3)13(10)15)9-4-5-16-7-11(9)14/h4-5,7-8H,6,15H2,1-3H3. The predicted molar refractivity (Wildman–Crippen MR) is 69.4 cm³/mol. The van der Waals surface area contributed by atoms with Crippen LogP contribution in [0.5, 0.6) is 0 Å². The van der Waals surface area contributed by atoms with Gasteiger partial charge in [-0.3, -0.25) is 9.67 Å². The number of nitrogen functional groups attached to an aromatic ring is 1. The Labute approximate surface area is 106 Å². The van der Waals surface area contributed by atoms with Crippen molar-refractivity contribution < 1.29 is 4.39 Å². The molecule has 96 valence electrons. The van der Waals surface area contributed by atoms with Gasteiger partial charge in [0.05, 0.1) is 6.20 Å². The van der Waals surface area contributed by atoms with Crippen LogP contribution in [-0.2, 0) is 13.5 Å². The molecule has 0 spiro atoms. The molecular weight excluding hydrogens is 231 g/mol. The van der Waals surface area contributed by atoms with Crippen molar-refractivity contribution >= 4 is 5.82 Å². The molecule has 2 N–H and O–H groups in total. The zero-order valence-electron chi connectivity index (χ0n) is 10.8. The van der Waals surface area contributed by atoms with E-state index in [1.807, 2.05) is 0 Å². The Morgan fingerprint density at radius 2 is 2.17 bits per heavy atom. The van der Waals surface area contributed by atoms with E-state index in [-0.39, 0.29) is 5.82 Å². The highest BCUT2D eigenvalue weighted by Crippen LogP contribution is 2.30. The number of rotatable bonds is 3. The molecule has 0 bridgehead atoms. The summed E-state index contributed by atoms with van der Waals surface area (Å²) in [7, 11) is 1.77.